The standard InChI is InChI=1S/C12H12F3N3O8/c13-12(14,15)7(19)26-11-4-8(16(20)21)1-9(5-11,17(22)23)3-10(2-8,6-11)18(24)25/h1-6H2. The number of hydrogen-bond acceptors (Lipinski definition) is 8. The molecular weight excluding hydrogens is 371 g/mol. The van der Waals surface area contributed by atoms with Gasteiger partial charge in [0.1, 0.15) is 5.60 Å². The second kappa shape index (κ2) is 4.79. The Kier molecular flexibility index (Phi) is 3.36. The smallest absolute Gasteiger partial charge is 0.452 e. The number of nitrogens with zero attached hydrogens (tertiary/aromatic N) is 3. The predicted octanol–water partition coefficient (Wildman–Crippen LogP) is 1.26. The predicted molar refractivity (Wildman–Crippen MR) is 71.8 cm³/mol. The van der Waals surface area contributed by atoms with Gasteiger partial charge in [0.05, 0.1) is 38.5 Å². The molecule has 4 fully saturated rings. The SMILES string of the molecule is O=C(OC12CC3([N+](=O)[O-])CC([N+](=O)[O-])(C1)CC([N+](=O)[O-])(C2)C3)C(F)(F)F. The van der Waals surface area contributed by atoms with E-state index in [0.717, 1.165) is 0 Å². The highest BCUT2D eigenvalue weighted by atomic mass is 19.4. The minimum atomic E-state index is -5.44. The highest BCUT2D eigenvalue weighted by Gasteiger charge is 2.83. The fourth-order valence-corrected chi connectivity index (χ4v) is 5.33. The number of carbonyl (C=O) groups excluding carboxylic acids is 1. The minimum Gasteiger partial charge on any atom is -0.452 e. The summed E-state index contributed by atoms with van der Waals surface area (Å²) in [6.07, 6.45) is -9.56. The molecule has 11 nitrogen and oxygen atoms in total. The molecule has 0 saturated heterocycles. The molecule has 0 radical (unpaired) electrons. The van der Waals surface area contributed by atoms with E-state index in [9.17, 15) is 48.3 Å². The van der Waals surface area contributed by atoms with Gasteiger partial charge in [0, 0.05) is 14.8 Å². The number of nitro groups is 3. The Labute approximate surface area is 141 Å². The summed E-state index contributed by atoms with van der Waals surface area (Å²) in [5, 5.41) is 34.8. The summed E-state index contributed by atoms with van der Waals surface area (Å²) < 4.78 is 42.3. The van der Waals surface area contributed by atoms with Gasteiger partial charge in [-0.2, -0.15) is 13.2 Å². The molecule has 4 bridgehead atoms. The van der Waals surface area contributed by atoms with Crippen LogP contribution in [0.25, 0.3) is 0 Å². The van der Waals surface area contributed by atoms with Gasteiger partial charge in [-0.15, -0.1) is 0 Å². The number of halogens is 3. The lowest BCUT2D eigenvalue weighted by Crippen LogP contribution is -2.77. The average molecular weight is 383 g/mol. The molecule has 144 valence electrons. The van der Waals surface area contributed by atoms with Crippen molar-refractivity contribution in [2.45, 2.75) is 66.9 Å². The molecule has 14 heteroatoms. The molecule has 0 aromatic rings. The van der Waals surface area contributed by atoms with Crippen molar-refractivity contribution in [3.63, 3.8) is 0 Å². The lowest BCUT2D eigenvalue weighted by Gasteiger charge is -2.58. The van der Waals surface area contributed by atoms with E-state index in [1.54, 1.807) is 0 Å². The van der Waals surface area contributed by atoms with Crippen molar-refractivity contribution < 1.29 is 37.5 Å². The third kappa shape index (κ3) is 2.30. The topological polar surface area (TPSA) is 156 Å². The van der Waals surface area contributed by atoms with Crippen molar-refractivity contribution in [2.75, 3.05) is 0 Å². The molecule has 0 atom stereocenters. The van der Waals surface area contributed by atoms with Gasteiger partial charge in [0.15, 0.2) is 0 Å². The van der Waals surface area contributed by atoms with E-state index in [1.165, 1.54) is 0 Å². The highest BCUT2D eigenvalue weighted by molar-refractivity contribution is 5.76. The largest absolute Gasteiger partial charge is 0.490 e. The molecule has 26 heavy (non-hydrogen) atoms. The number of alkyl halides is 3. The number of ether oxygens (including phenoxy) is 1. The van der Waals surface area contributed by atoms with Crippen LogP contribution in [-0.2, 0) is 9.53 Å². The van der Waals surface area contributed by atoms with Crippen LogP contribution in [0.5, 0.6) is 0 Å². The van der Waals surface area contributed by atoms with Crippen LogP contribution in [0.4, 0.5) is 13.2 Å². The molecule has 0 heterocycles. The second-order valence-corrected chi connectivity index (χ2v) is 7.58. The quantitative estimate of drug-likeness (QED) is 0.399. The van der Waals surface area contributed by atoms with Crippen LogP contribution in [0.15, 0.2) is 0 Å². The van der Waals surface area contributed by atoms with Gasteiger partial charge in [-0.25, -0.2) is 4.79 Å². The van der Waals surface area contributed by atoms with Gasteiger partial charge in [-0.1, -0.05) is 0 Å². The monoisotopic (exact) mass is 383 g/mol. The summed E-state index contributed by atoms with van der Waals surface area (Å²) in [6.45, 7) is 0. The fraction of sp³-hybridized carbons (Fsp3) is 0.917. The zero-order chi connectivity index (χ0) is 19.8. The average Bonchev–Trinajstić information content (AvgIpc) is 2.43. The van der Waals surface area contributed by atoms with Crippen LogP contribution in [0.3, 0.4) is 0 Å². The number of hydrogen-bond donors (Lipinski definition) is 0. The lowest BCUT2D eigenvalue weighted by atomic mass is 9.45. The molecule has 0 aliphatic heterocycles. The van der Waals surface area contributed by atoms with Crippen molar-refractivity contribution in [2.24, 2.45) is 0 Å². The number of esters is 1. The maximum absolute atomic E-state index is 12.6. The molecular formula is C12H12F3N3O8. The third-order valence-corrected chi connectivity index (χ3v) is 5.63. The number of carbonyl (C=O) groups is 1. The summed E-state index contributed by atoms with van der Waals surface area (Å²) >= 11 is 0. The summed E-state index contributed by atoms with van der Waals surface area (Å²) in [4.78, 5) is 43.4. The van der Waals surface area contributed by atoms with Crippen molar-refractivity contribution >= 4 is 5.97 Å². The summed E-state index contributed by atoms with van der Waals surface area (Å²) in [5.41, 5.74) is -8.86. The Morgan fingerprint density at radius 2 is 1.08 bits per heavy atom. The van der Waals surface area contributed by atoms with E-state index in [1.807, 2.05) is 0 Å². The molecule has 0 spiro atoms. The summed E-state index contributed by atoms with van der Waals surface area (Å²) in [6, 6.07) is 0. The third-order valence-electron chi connectivity index (χ3n) is 5.63. The van der Waals surface area contributed by atoms with Crippen molar-refractivity contribution in [1.82, 2.24) is 0 Å². The Morgan fingerprint density at radius 1 is 0.769 bits per heavy atom. The Balaban J connectivity index is 2.15. The molecule has 0 amide bonds. The van der Waals surface area contributed by atoms with Gasteiger partial charge >= 0.3 is 12.1 Å². The molecule has 4 saturated carbocycles. The van der Waals surface area contributed by atoms with Crippen LogP contribution < -0.4 is 0 Å². The number of rotatable bonds is 4. The first-order valence-electron chi connectivity index (χ1n) is 7.44. The maximum atomic E-state index is 12.6. The zero-order valence-electron chi connectivity index (χ0n) is 13.0. The van der Waals surface area contributed by atoms with E-state index in [4.69, 9.17) is 0 Å². The second-order valence-electron chi connectivity index (χ2n) is 7.58. The van der Waals surface area contributed by atoms with E-state index in [2.05, 4.69) is 4.74 Å². The van der Waals surface area contributed by atoms with E-state index >= 15 is 0 Å². The zero-order valence-corrected chi connectivity index (χ0v) is 13.0. The van der Waals surface area contributed by atoms with Crippen LogP contribution in [0.2, 0.25) is 0 Å². The Hall–Kier alpha value is -2.54. The van der Waals surface area contributed by atoms with Crippen LogP contribution in [0.1, 0.15) is 38.5 Å². The molecule has 4 aliphatic carbocycles. The molecule has 0 aromatic heterocycles. The lowest BCUT2D eigenvalue weighted by molar-refractivity contribution is -0.694. The Bertz CT molecular complexity index is 656. The van der Waals surface area contributed by atoms with Crippen LogP contribution in [-0.4, -0.2) is 49.1 Å². The van der Waals surface area contributed by atoms with Crippen LogP contribution >= 0.6 is 0 Å². The van der Waals surface area contributed by atoms with Gasteiger partial charge in [0.2, 0.25) is 16.6 Å². The van der Waals surface area contributed by atoms with E-state index in [0.29, 0.717) is 0 Å². The summed E-state index contributed by atoms with van der Waals surface area (Å²) in [7, 11) is 0. The molecule has 0 N–H and O–H groups in total. The van der Waals surface area contributed by atoms with Gasteiger partial charge in [0.25, 0.3) is 0 Å². The van der Waals surface area contributed by atoms with E-state index in [-0.39, 0.29) is 0 Å². The molecule has 4 aliphatic rings. The Morgan fingerprint density at radius 3 is 1.31 bits per heavy atom. The van der Waals surface area contributed by atoms with Gasteiger partial charge in [-0.3, -0.25) is 30.3 Å². The van der Waals surface area contributed by atoms with Crippen LogP contribution in [0, 0.1) is 30.3 Å². The van der Waals surface area contributed by atoms with Crippen molar-refractivity contribution in [3.8, 4) is 0 Å². The van der Waals surface area contributed by atoms with Crippen molar-refractivity contribution in [3.05, 3.63) is 30.3 Å². The van der Waals surface area contributed by atoms with E-state index < -0.39 is 87.7 Å². The molecule has 0 aromatic carbocycles. The normalized spacial score (nSPS) is 40.9. The first-order valence-corrected chi connectivity index (χ1v) is 7.44. The highest BCUT2D eigenvalue weighted by Crippen LogP contribution is 2.65. The molecule has 0 unspecified atom stereocenters. The maximum Gasteiger partial charge on any atom is 0.490 e. The first kappa shape index (κ1) is 18.3. The van der Waals surface area contributed by atoms with Gasteiger partial charge < -0.3 is 4.74 Å². The minimum absolute atomic E-state index is 0.652. The van der Waals surface area contributed by atoms with Gasteiger partial charge in [-0.05, 0) is 0 Å². The summed E-state index contributed by atoms with van der Waals surface area (Å²) in [5.74, 6) is -2.67. The van der Waals surface area contributed by atoms with Crippen molar-refractivity contribution in [1.29, 1.82) is 0 Å². The first-order chi connectivity index (χ1) is 11.7. The fourth-order valence-electron chi connectivity index (χ4n) is 5.33. The molecule has 4 rings (SSSR count).